The molecule has 0 saturated carbocycles. The molecule has 8 heteroatoms. The minimum atomic E-state index is -3.86. The largest absolute Gasteiger partial charge is 0.497 e. The SMILES string of the molecule is COc1ccc2sc([C@@H](NS(=O)(=O)c3ccc4c(c3)OCCCO4)c3ccccc3)cc2c1. The molecule has 0 bridgehead atoms. The molecule has 0 amide bonds. The van der Waals surface area contributed by atoms with Crippen molar-refractivity contribution in [1.82, 2.24) is 4.72 Å². The molecule has 1 atom stereocenters. The zero-order chi connectivity index (χ0) is 22.8. The van der Waals surface area contributed by atoms with Crippen LogP contribution in [0.2, 0.25) is 0 Å². The summed E-state index contributed by atoms with van der Waals surface area (Å²) in [6.07, 6.45) is 0.752. The Balaban J connectivity index is 1.53. The normalized spacial score (nSPS) is 14.6. The van der Waals surface area contributed by atoms with Crippen molar-refractivity contribution < 1.29 is 22.6 Å². The molecule has 0 radical (unpaired) electrons. The third kappa shape index (κ3) is 4.55. The van der Waals surface area contributed by atoms with Crippen LogP contribution in [0.1, 0.15) is 22.9 Å². The molecule has 1 aromatic heterocycles. The number of hydrogen-bond acceptors (Lipinski definition) is 6. The molecule has 2 heterocycles. The zero-order valence-electron chi connectivity index (χ0n) is 18.0. The molecule has 1 aliphatic rings. The van der Waals surface area contributed by atoms with Crippen LogP contribution < -0.4 is 18.9 Å². The van der Waals surface area contributed by atoms with E-state index in [1.165, 1.54) is 6.07 Å². The van der Waals surface area contributed by atoms with Crippen molar-refractivity contribution in [3.63, 3.8) is 0 Å². The van der Waals surface area contributed by atoms with Gasteiger partial charge in [0.15, 0.2) is 11.5 Å². The molecule has 0 aliphatic carbocycles. The molecule has 4 aromatic rings. The lowest BCUT2D eigenvalue weighted by Gasteiger charge is -2.19. The Hall–Kier alpha value is -3.07. The van der Waals surface area contributed by atoms with E-state index < -0.39 is 16.1 Å². The average molecular weight is 482 g/mol. The van der Waals surface area contributed by atoms with Crippen LogP contribution in [0.15, 0.2) is 77.7 Å². The summed E-state index contributed by atoms with van der Waals surface area (Å²) in [5.41, 5.74) is 0.855. The molecule has 0 fully saturated rings. The molecule has 6 nitrogen and oxygen atoms in total. The van der Waals surface area contributed by atoms with E-state index in [9.17, 15) is 8.42 Å². The van der Waals surface area contributed by atoms with Gasteiger partial charge in [-0.1, -0.05) is 30.3 Å². The molecule has 1 N–H and O–H groups in total. The standard InChI is InChI=1S/C25H23NO5S2/c1-29-19-8-11-23-18(14-19)15-24(32-23)25(17-6-3-2-4-7-17)26-33(27,28)20-9-10-21-22(16-20)31-13-5-12-30-21/h2-4,6-11,14-16,25-26H,5,12-13H2,1H3/t25-/m0/s1. The molecular formula is C25H23NO5S2. The van der Waals surface area contributed by atoms with Crippen molar-refractivity contribution in [2.45, 2.75) is 17.4 Å². The van der Waals surface area contributed by atoms with E-state index in [0.29, 0.717) is 24.7 Å². The number of benzene rings is 3. The Morgan fingerprint density at radius 2 is 1.73 bits per heavy atom. The number of hydrogen-bond donors (Lipinski definition) is 1. The number of sulfonamides is 1. The fourth-order valence-corrected chi connectivity index (χ4v) is 6.20. The quantitative estimate of drug-likeness (QED) is 0.413. The first-order valence-electron chi connectivity index (χ1n) is 10.6. The number of fused-ring (bicyclic) bond motifs is 2. The van der Waals surface area contributed by atoms with Crippen LogP contribution in [0.25, 0.3) is 10.1 Å². The predicted molar refractivity (Wildman–Crippen MR) is 129 cm³/mol. The molecule has 5 rings (SSSR count). The summed E-state index contributed by atoms with van der Waals surface area (Å²) in [5.74, 6) is 1.76. The first-order valence-corrected chi connectivity index (χ1v) is 12.9. The smallest absolute Gasteiger partial charge is 0.241 e. The predicted octanol–water partition coefficient (Wildman–Crippen LogP) is 5.14. The van der Waals surface area contributed by atoms with Gasteiger partial charge in [0.05, 0.1) is 31.3 Å². The third-order valence-corrected chi connectivity index (χ3v) is 8.06. The van der Waals surface area contributed by atoms with Gasteiger partial charge in [-0.15, -0.1) is 11.3 Å². The van der Waals surface area contributed by atoms with E-state index in [-0.39, 0.29) is 4.90 Å². The Labute approximate surface area is 196 Å². The van der Waals surface area contributed by atoms with Crippen molar-refractivity contribution in [3.8, 4) is 17.2 Å². The van der Waals surface area contributed by atoms with E-state index in [1.807, 2.05) is 54.6 Å². The van der Waals surface area contributed by atoms with Crippen LogP contribution >= 0.6 is 11.3 Å². The van der Waals surface area contributed by atoms with Crippen molar-refractivity contribution in [1.29, 1.82) is 0 Å². The lowest BCUT2D eigenvalue weighted by molar-refractivity contribution is 0.297. The first kappa shape index (κ1) is 21.8. The van der Waals surface area contributed by atoms with E-state index >= 15 is 0 Å². The summed E-state index contributed by atoms with van der Waals surface area (Å²) in [6, 6.07) is 21.6. The van der Waals surface area contributed by atoms with Gasteiger partial charge in [0.25, 0.3) is 0 Å². The number of nitrogens with one attached hydrogen (secondary N) is 1. The second-order valence-electron chi connectivity index (χ2n) is 7.68. The van der Waals surface area contributed by atoms with Crippen molar-refractivity contribution in [2.24, 2.45) is 0 Å². The first-order chi connectivity index (χ1) is 16.0. The minimum absolute atomic E-state index is 0.135. The highest BCUT2D eigenvalue weighted by molar-refractivity contribution is 7.89. The Bertz CT molecular complexity index is 1380. The summed E-state index contributed by atoms with van der Waals surface area (Å²) < 4.78 is 47.5. The van der Waals surface area contributed by atoms with Gasteiger partial charge in [0, 0.05) is 22.1 Å². The molecule has 0 unspecified atom stereocenters. The fourth-order valence-electron chi connectivity index (χ4n) is 3.78. The lowest BCUT2D eigenvalue weighted by atomic mass is 10.1. The van der Waals surface area contributed by atoms with E-state index in [4.69, 9.17) is 14.2 Å². The van der Waals surface area contributed by atoms with Crippen molar-refractivity contribution >= 4 is 31.4 Å². The number of thiophene rings is 1. The maximum Gasteiger partial charge on any atom is 0.241 e. The maximum atomic E-state index is 13.5. The van der Waals surface area contributed by atoms with Gasteiger partial charge in [-0.2, -0.15) is 4.72 Å². The summed E-state index contributed by atoms with van der Waals surface area (Å²) in [7, 11) is -2.23. The molecule has 0 saturated heterocycles. The van der Waals surface area contributed by atoms with Gasteiger partial charge in [-0.05, 0) is 47.3 Å². The Morgan fingerprint density at radius 3 is 2.52 bits per heavy atom. The van der Waals surface area contributed by atoms with Crippen molar-refractivity contribution in [2.75, 3.05) is 20.3 Å². The zero-order valence-corrected chi connectivity index (χ0v) is 19.6. The second-order valence-corrected chi connectivity index (χ2v) is 10.5. The van der Waals surface area contributed by atoms with Crippen LogP contribution in [0, 0.1) is 0 Å². The molecule has 33 heavy (non-hydrogen) atoms. The highest BCUT2D eigenvalue weighted by Crippen LogP contribution is 2.37. The summed E-state index contributed by atoms with van der Waals surface area (Å²) in [6.45, 7) is 1.03. The Kier molecular flexibility index (Phi) is 5.97. The summed E-state index contributed by atoms with van der Waals surface area (Å²) >= 11 is 1.55. The van der Waals surface area contributed by atoms with Gasteiger partial charge in [0.2, 0.25) is 10.0 Å². The van der Waals surface area contributed by atoms with Gasteiger partial charge in [-0.3, -0.25) is 0 Å². The summed E-state index contributed by atoms with van der Waals surface area (Å²) in [4.78, 5) is 1.03. The van der Waals surface area contributed by atoms with E-state index in [0.717, 1.165) is 32.7 Å². The summed E-state index contributed by atoms with van der Waals surface area (Å²) in [5, 5.41) is 1.00. The van der Waals surface area contributed by atoms with Crippen LogP contribution in [-0.4, -0.2) is 28.7 Å². The number of ether oxygens (including phenoxy) is 3. The average Bonchev–Trinajstić information content (AvgIpc) is 3.11. The molecule has 3 aromatic carbocycles. The monoisotopic (exact) mass is 481 g/mol. The third-order valence-electron chi connectivity index (χ3n) is 5.46. The van der Waals surface area contributed by atoms with Gasteiger partial charge in [0.1, 0.15) is 5.75 Å². The van der Waals surface area contributed by atoms with E-state index in [2.05, 4.69) is 4.72 Å². The maximum absolute atomic E-state index is 13.5. The van der Waals surface area contributed by atoms with Gasteiger partial charge in [-0.25, -0.2) is 8.42 Å². The lowest BCUT2D eigenvalue weighted by Crippen LogP contribution is -2.29. The van der Waals surface area contributed by atoms with Gasteiger partial charge >= 0.3 is 0 Å². The Morgan fingerprint density at radius 1 is 0.939 bits per heavy atom. The molecule has 170 valence electrons. The number of rotatable bonds is 6. The van der Waals surface area contributed by atoms with Crippen LogP contribution in [0.5, 0.6) is 17.2 Å². The van der Waals surface area contributed by atoms with E-state index in [1.54, 1.807) is 30.6 Å². The molecular weight excluding hydrogens is 458 g/mol. The van der Waals surface area contributed by atoms with Crippen LogP contribution in [0.3, 0.4) is 0 Å². The topological polar surface area (TPSA) is 73.9 Å². The molecule has 1 aliphatic heterocycles. The fraction of sp³-hybridized carbons (Fsp3) is 0.200. The molecule has 0 spiro atoms. The van der Waals surface area contributed by atoms with Gasteiger partial charge < -0.3 is 14.2 Å². The highest BCUT2D eigenvalue weighted by atomic mass is 32.2. The highest BCUT2D eigenvalue weighted by Gasteiger charge is 2.26. The minimum Gasteiger partial charge on any atom is -0.497 e. The van der Waals surface area contributed by atoms with Crippen molar-refractivity contribution in [3.05, 3.63) is 83.2 Å². The van der Waals surface area contributed by atoms with Crippen LogP contribution in [0.4, 0.5) is 0 Å². The second kappa shape index (κ2) is 9.05. The van der Waals surface area contributed by atoms with Crippen LogP contribution in [-0.2, 0) is 10.0 Å². The number of methoxy groups -OCH3 is 1.